The number of hydrogen-bond donors (Lipinski definition) is 0. The number of pyridine rings is 1. The van der Waals surface area contributed by atoms with E-state index in [1.807, 2.05) is 0 Å². The van der Waals surface area contributed by atoms with E-state index in [4.69, 9.17) is 14.2 Å². The van der Waals surface area contributed by atoms with Crippen molar-refractivity contribution in [1.29, 1.82) is 0 Å². The first kappa shape index (κ1) is 19.3. The number of benzene rings is 2. The summed E-state index contributed by atoms with van der Waals surface area (Å²) < 4.78 is 28.8. The van der Waals surface area contributed by atoms with Crippen molar-refractivity contribution >= 4 is 22.7 Å². The number of esters is 1. The Morgan fingerprint density at radius 2 is 1.75 bits per heavy atom. The first-order valence-corrected chi connectivity index (χ1v) is 8.42. The molecule has 3 rings (SSSR count). The van der Waals surface area contributed by atoms with E-state index in [1.165, 1.54) is 38.5 Å². The van der Waals surface area contributed by atoms with Crippen molar-refractivity contribution in [3.63, 3.8) is 0 Å². The minimum absolute atomic E-state index is 0.221. The van der Waals surface area contributed by atoms with Crippen molar-refractivity contribution in [3.05, 3.63) is 65.1 Å². The normalized spacial score (nSPS) is 10.6. The number of Topliss-reactive ketones (excluding diaryl/α,β-unsaturated/α-hetero) is 1. The zero-order chi connectivity index (χ0) is 20.3. The van der Waals surface area contributed by atoms with Crippen LogP contribution in [0.5, 0.6) is 11.5 Å². The first-order chi connectivity index (χ1) is 13.4. The Bertz CT molecular complexity index is 1060. The summed E-state index contributed by atoms with van der Waals surface area (Å²) in [4.78, 5) is 29.0. The summed E-state index contributed by atoms with van der Waals surface area (Å²) in [5, 5.41) is 0.602. The van der Waals surface area contributed by atoms with Crippen molar-refractivity contribution < 1.29 is 28.2 Å². The smallest absolute Gasteiger partial charge is 0.340 e. The molecule has 2 aromatic carbocycles. The van der Waals surface area contributed by atoms with Crippen molar-refractivity contribution in [1.82, 2.24) is 4.98 Å². The molecule has 0 amide bonds. The molecule has 0 saturated carbocycles. The van der Waals surface area contributed by atoms with Gasteiger partial charge < -0.3 is 14.2 Å². The molecule has 0 radical (unpaired) electrons. The zero-order valence-corrected chi connectivity index (χ0v) is 15.6. The molecule has 0 N–H and O–H groups in total. The third-order valence-corrected chi connectivity index (χ3v) is 4.23. The van der Waals surface area contributed by atoms with E-state index >= 15 is 0 Å². The van der Waals surface area contributed by atoms with Crippen LogP contribution < -0.4 is 9.47 Å². The molecule has 0 aliphatic rings. The number of fused-ring (bicyclic) bond motifs is 1. The second-order valence-corrected chi connectivity index (χ2v) is 6.03. The molecule has 0 aliphatic heterocycles. The number of rotatable bonds is 6. The van der Waals surface area contributed by atoms with Crippen LogP contribution >= 0.6 is 0 Å². The summed E-state index contributed by atoms with van der Waals surface area (Å²) in [7, 11) is 2.96. The fourth-order valence-corrected chi connectivity index (χ4v) is 2.75. The number of hydrogen-bond acceptors (Lipinski definition) is 6. The van der Waals surface area contributed by atoms with Crippen LogP contribution in [-0.4, -0.2) is 37.6 Å². The standard InChI is InChI=1S/C21H18FNO5/c1-12-16(8-13-4-6-15(22)10-17(13)23-12)21(25)28-11-18(24)14-5-7-19(26-2)20(9-14)27-3/h4-10H,11H2,1-3H3. The van der Waals surface area contributed by atoms with Gasteiger partial charge in [0.15, 0.2) is 23.9 Å². The number of carbonyl (C=O) groups is 2. The van der Waals surface area contributed by atoms with Crippen LogP contribution in [0.4, 0.5) is 4.39 Å². The minimum atomic E-state index is -0.676. The van der Waals surface area contributed by atoms with Gasteiger partial charge in [0.05, 0.1) is 31.0 Å². The molecule has 28 heavy (non-hydrogen) atoms. The molecule has 3 aromatic rings. The van der Waals surface area contributed by atoms with Gasteiger partial charge in [0.25, 0.3) is 0 Å². The maximum atomic E-state index is 13.3. The molecule has 1 aromatic heterocycles. The number of halogens is 1. The first-order valence-electron chi connectivity index (χ1n) is 8.42. The van der Waals surface area contributed by atoms with Crippen LogP contribution in [0.3, 0.4) is 0 Å². The lowest BCUT2D eigenvalue weighted by Crippen LogP contribution is -2.15. The van der Waals surface area contributed by atoms with E-state index < -0.39 is 18.4 Å². The van der Waals surface area contributed by atoms with Gasteiger partial charge in [-0.2, -0.15) is 0 Å². The zero-order valence-electron chi connectivity index (χ0n) is 15.6. The molecule has 1 heterocycles. The van der Waals surface area contributed by atoms with Gasteiger partial charge in [0.1, 0.15) is 5.82 Å². The number of carbonyl (C=O) groups excluding carboxylic acids is 2. The molecule has 0 unspecified atom stereocenters. The van der Waals surface area contributed by atoms with E-state index in [9.17, 15) is 14.0 Å². The number of methoxy groups -OCH3 is 2. The van der Waals surface area contributed by atoms with Crippen molar-refractivity contribution in [2.24, 2.45) is 0 Å². The molecule has 7 heteroatoms. The average molecular weight is 383 g/mol. The van der Waals surface area contributed by atoms with Crippen molar-refractivity contribution in [3.8, 4) is 11.5 Å². The molecule has 0 bridgehead atoms. The van der Waals surface area contributed by atoms with Crippen molar-refractivity contribution in [2.45, 2.75) is 6.92 Å². The molecule has 0 spiro atoms. The molecular formula is C21H18FNO5. The third-order valence-electron chi connectivity index (χ3n) is 4.23. The fourth-order valence-electron chi connectivity index (χ4n) is 2.75. The highest BCUT2D eigenvalue weighted by molar-refractivity contribution is 6.00. The van der Waals surface area contributed by atoms with Gasteiger partial charge in [-0.05, 0) is 43.3 Å². The van der Waals surface area contributed by atoms with Crippen molar-refractivity contribution in [2.75, 3.05) is 20.8 Å². The van der Waals surface area contributed by atoms with Gasteiger partial charge in [-0.3, -0.25) is 9.78 Å². The molecule has 0 atom stereocenters. The highest BCUT2D eigenvalue weighted by Gasteiger charge is 2.17. The summed E-state index contributed by atoms with van der Waals surface area (Å²) in [6.07, 6.45) is 0. The second-order valence-electron chi connectivity index (χ2n) is 6.03. The Labute approximate surface area is 160 Å². The quantitative estimate of drug-likeness (QED) is 0.477. The average Bonchev–Trinajstić information content (AvgIpc) is 2.70. The second kappa shape index (κ2) is 8.04. The Kier molecular flexibility index (Phi) is 5.54. The predicted molar refractivity (Wildman–Crippen MR) is 101 cm³/mol. The summed E-state index contributed by atoms with van der Waals surface area (Å²) in [6, 6.07) is 10.4. The third kappa shape index (κ3) is 3.93. The maximum absolute atomic E-state index is 13.3. The highest BCUT2D eigenvalue weighted by Crippen LogP contribution is 2.27. The van der Waals surface area contributed by atoms with Gasteiger partial charge in [0.2, 0.25) is 0 Å². The number of aryl methyl sites for hydroxylation is 1. The lowest BCUT2D eigenvalue weighted by molar-refractivity contribution is 0.0473. The van der Waals surface area contributed by atoms with Crippen LogP contribution in [-0.2, 0) is 4.74 Å². The van der Waals surface area contributed by atoms with Crippen LogP contribution in [0.25, 0.3) is 10.9 Å². The van der Waals surface area contributed by atoms with E-state index in [0.29, 0.717) is 33.7 Å². The lowest BCUT2D eigenvalue weighted by Gasteiger charge is -2.10. The monoisotopic (exact) mass is 383 g/mol. The van der Waals surface area contributed by atoms with Crippen LogP contribution in [0.2, 0.25) is 0 Å². The predicted octanol–water partition coefficient (Wildman–Crippen LogP) is 3.74. The van der Waals surface area contributed by atoms with Gasteiger partial charge in [-0.25, -0.2) is 9.18 Å². The summed E-state index contributed by atoms with van der Waals surface area (Å²) in [5.41, 5.74) is 1.38. The maximum Gasteiger partial charge on any atom is 0.340 e. The van der Waals surface area contributed by atoms with Gasteiger partial charge in [-0.1, -0.05) is 0 Å². The van der Waals surface area contributed by atoms with E-state index in [2.05, 4.69) is 4.98 Å². The molecule has 6 nitrogen and oxygen atoms in total. The number of ether oxygens (including phenoxy) is 3. The van der Waals surface area contributed by atoms with Crippen LogP contribution in [0.15, 0.2) is 42.5 Å². The summed E-state index contributed by atoms with van der Waals surface area (Å²) in [6.45, 7) is 1.19. The van der Waals surface area contributed by atoms with Gasteiger partial charge >= 0.3 is 5.97 Å². The topological polar surface area (TPSA) is 74.7 Å². The highest BCUT2D eigenvalue weighted by atomic mass is 19.1. The number of nitrogens with zero attached hydrogens (tertiary/aromatic N) is 1. The Hall–Kier alpha value is -3.48. The fraction of sp³-hybridized carbons (Fsp3) is 0.190. The van der Waals surface area contributed by atoms with Gasteiger partial charge in [-0.15, -0.1) is 0 Å². The Morgan fingerprint density at radius 1 is 1.00 bits per heavy atom. The summed E-state index contributed by atoms with van der Waals surface area (Å²) >= 11 is 0. The number of aromatic nitrogens is 1. The van der Waals surface area contributed by atoms with E-state index in [1.54, 1.807) is 25.1 Å². The minimum Gasteiger partial charge on any atom is -0.493 e. The lowest BCUT2D eigenvalue weighted by atomic mass is 10.1. The molecule has 0 saturated heterocycles. The van der Waals surface area contributed by atoms with E-state index in [-0.39, 0.29) is 11.3 Å². The number of ketones is 1. The van der Waals surface area contributed by atoms with E-state index in [0.717, 1.165) is 0 Å². The Balaban J connectivity index is 1.75. The summed E-state index contributed by atoms with van der Waals surface area (Å²) in [5.74, 6) is -0.574. The largest absolute Gasteiger partial charge is 0.493 e. The molecule has 144 valence electrons. The Morgan fingerprint density at radius 3 is 2.46 bits per heavy atom. The van der Waals surface area contributed by atoms with Gasteiger partial charge in [0, 0.05) is 17.0 Å². The molecule has 0 aliphatic carbocycles. The SMILES string of the molecule is COc1ccc(C(=O)COC(=O)c2cc3ccc(F)cc3nc2C)cc1OC. The molecule has 0 fully saturated rings. The van der Waals surface area contributed by atoms with Crippen LogP contribution in [0, 0.1) is 12.7 Å². The van der Waals surface area contributed by atoms with Crippen LogP contribution in [0.1, 0.15) is 26.4 Å². The molecular weight excluding hydrogens is 365 g/mol.